The number of hydrogen-bond donors (Lipinski definition) is 1. The van der Waals surface area contributed by atoms with Gasteiger partial charge in [0, 0.05) is 5.56 Å². The molecule has 2 aromatic heterocycles. The maximum absolute atomic E-state index is 11.6. The van der Waals surface area contributed by atoms with Crippen molar-refractivity contribution in [3.63, 3.8) is 0 Å². The van der Waals surface area contributed by atoms with Crippen LogP contribution >= 0.6 is 11.8 Å². The van der Waals surface area contributed by atoms with Gasteiger partial charge in [0.2, 0.25) is 5.16 Å². The first kappa shape index (κ1) is 16.3. The fourth-order valence-electron chi connectivity index (χ4n) is 2.21. The number of nitrogens with one attached hydrogen (secondary N) is 1. The summed E-state index contributed by atoms with van der Waals surface area (Å²) in [6, 6.07) is 9.77. The molecule has 0 aliphatic heterocycles. The first-order valence-electron chi connectivity index (χ1n) is 7.36. The molecule has 2 heterocycles. The number of ether oxygens (including phenoxy) is 1. The van der Waals surface area contributed by atoms with E-state index in [1.54, 1.807) is 13.0 Å². The molecule has 3 rings (SSSR count). The van der Waals surface area contributed by atoms with Crippen molar-refractivity contribution in [1.29, 1.82) is 0 Å². The number of carbonyl (C=O) groups is 1. The summed E-state index contributed by atoms with van der Waals surface area (Å²) in [6.45, 7) is 3.78. The van der Waals surface area contributed by atoms with Crippen LogP contribution in [0.15, 0.2) is 39.9 Å². The van der Waals surface area contributed by atoms with Crippen LogP contribution in [-0.2, 0) is 10.5 Å². The van der Waals surface area contributed by atoms with E-state index in [0.717, 1.165) is 11.4 Å². The van der Waals surface area contributed by atoms with E-state index in [1.165, 1.54) is 24.4 Å². The van der Waals surface area contributed by atoms with Crippen molar-refractivity contribution in [2.45, 2.75) is 24.8 Å². The molecular weight excluding hydrogens is 326 g/mol. The summed E-state index contributed by atoms with van der Waals surface area (Å²) in [5, 5.41) is 7.76. The number of furan rings is 1. The topological polar surface area (TPSA) is 81.0 Å². The van der Waals surface area contributed by atoms with Gasteiger partial charge < -0.3 is 9.15 Å². The van der Waals surface area contributed by atoms with Crippen LogP contribution in [0.3, 0.4) is 0 Å². The third-order valence-electron chi connectivity index (χ3n) is 3.51. The fraction of sp³-hybridized carbons (Fsp3) is 0.235. The Kier molecular flexibility index (Phi) is 4.71. The average Bonchev–Trinajstić information content (AvgIpc) is 3.19. The maximum Gasteiger partial charge on any atom is 0.341 e. The Hall–Kier alpha value is -2.54. The molecule has 1 aromatic carbocycles. The molecule has 3 aromatic rings. The molecule has 124 valence electrons. The van der Waals surface area contributed by atoms with Crippen LogP contribution in [0.4, 0.5) is 0 Å². The van der Waals surface area contributed by atoms with Crippen LogP contribution in [0.25, 0.3) is 11.4 Å². The quantitative estimate of drug-likeness (QED) is 0.561. The van der Waals surface area contributed by atoms with Gasteiger partial charge in [0.05, 0.1) is 12.9 Å². The molecule has 7 heteroatoms. The molecule has 0 bridgehead atoms. The fourth-order valence-corrected chi connectivity index (χ4v) is 2.89. The maximum atomic E-state index is 11.6. The number of esters is 1. The summed E-state index contributed by atoms with van der Waals surface area (Å²) in [5.41, 5.74) is 2.63. The summed E-state index contributed by atoms with van der Waals surface area (Å²) < 4.78 is 10.3. The number of aryl methyl sites for hydroxylation is 2. The summed E-state index contributed by atoms with van der Waals surface area (Å²) in [7, 11) is 1.35. The van der Waals surface area contributed by atoms with Crippen molar-refractivity contribution in [2.75, 3.05) is 7.11 Å². The van der Waals surface area contributed by atoms with Crippen molar-refractivity contribution in [3.05, 3.63) is 53.0 Å². The number of rotatable bonds is 5. The van der Waals surface area contributed by atoms with E-state index in [9.17, 15) is 4.79 Å². The Morgan fingerprint density at radius 1 is 1.29 bits per heavy atom. The number of nitrogens with zero attached hydrogens (tertiary/aromatic N) is 2. The minimum Gasteiger partial charge on any atom is -0.465 e. The number of H-pyrrole nitrogens is 1. The van der Waals surface area contributed by atoms with E-state index in [0.29, 0.717) is 28.0 Å². The average molecular weight is 343 g/mol. The standard InChI is InChI=1S/C17H17N3O3S/c1-10-4-6-12(7-5-10)15-18-17(20-19-15)24-9-13-8-14(11(2)23-13)16(21)22-3/h4-8H,9H2,1-3H3,(H,18,19,20). The summed E-state index contributed by atoms with van der Waals surface area (Å²) in [5.74, 6) is 2.09. The van der Waals surface area contributed by atoms with Crippen LogP contribution in [0, 0.1) is 13.8 Å². The Morgan fingerprint density at radius 2 is 2.04 bits per heavy atom. The van der Waals surface area contributed by atoms with Crippen molar-refractivity contribution >= 4 is 17.7 Å². The lowest BCUT2D eigenvalue weighted by atomic mass is 10.1. The third-order valence-corrected chi connectivity index (χ3v) is 4.38. The molecule has 0 aliphatic rings. The van der Waals surface area contributed by atoms with Gasteiger partial charge in [-0.1, -0.05) is 41.6 Å². The summed E-state index contributed by atoms with van der Waals surface area (Å²) >= 11 is 1.43. The van der Waals surface area contributed by atoms with Crippen molar-refractivity contribution in [2.24, 2.45) is 0 Å². The smallest absolute Gasteiger partial charge is 0.341 e. The number of benzene rings is 1. The number of aromatic nitrogens is 3. The van der Waals surface area contributed by atoms with Crippen LogP contribution in [0.1, 0.15) is 27.4 Å². The van der Waals surface area contributed by atoms with Crippen molar-refractivity contribution in [3.8, 4) is 11.4 Å². The molecule has 0 saturated carbocycles. The molecule has 6 nitrogen and oxygen atoms in total. The molecule has 0 radical (unpaired) electrons. The van der Waals surface area contributed by atoms with E-state index in [-0.39, 0.29) is 0 Å². The number of carbonyl (C=O) groups excluding carboxylic acids is 1. The molecule has 0 saturated heterocycles. The molecule has 1 N–H and O–H groups in total. The predicted molar refractivity (Wildman–Crippen MR) is 90.9 cm³/mol. The SMILES string of the molecule is COC(=O)c1cc(CSc2n[nH]c(-c3ccc(C)cc3)n2)oc1C. The van der Waals surface area contributed by atoms with E-state index in [2.05, 4.69) is 15.2 Å². The van der Waals surface area contributed by atoms with Gasteiger partial charge in [-0.3, -0.25) is 5.10 Å². The molecule has 0 unspecified atom stereocenters. The normalized spacial score (nSPS) is 10.8. The highest BCUT2D eigenvalue weighted by Crippen LogP contribution is 2.25. The van der Waals surface area contributed by atoms with Crippen molar-refractivity contribution in [1.82, 2.24) is 15.2 Å². The van der Waals surface area contributed by atoms with Gasteiger partial charge in [0.1, 0.15) is 17.1 Å². The van der Waals surface area contributed by atoms with Gasteiger partial charge in [-0.25, -0.2) is 9.78 Å². The zero-order chi connectivity index (χ0) is 17.1. The van der Waals surface area contributed by atoms with Gasteiger partial charge in [0.15, 0.2) is 5.82 Å². The lowest BCUT2D eigenvalue weighted by Gasteiger charge is -1.96. The Morgan fingerprint density at radius 3 is 2.75 bits per heavy atom. The predicted octanol–water partition coefficient (Wildman–Crippen LogP) is 3.76. The molecule has 0 atom stereocenters. The highest BCUT2D eigenvalue weighted by molar-refractivity contribution is 7.98. The summed E-state index contributed by atoms with van der Waals surface area (Å²) in [4.78, 5) is 16.1. The van der Waals surface area contributed by atoms with E-state index >= 15 is 0 Å². The zero-order valence-electron chi connectivity index (χ0n) is 13.6. The first-order valence-corrected chi connectivity index (χ1v) is 8.35. The van der Waals surface area contributed by atoms with Gasteiger partial charge in [-0.15, -0.1) is 5.10 Å². The second-order valence-corrected chi connectivity index (χ2v) is 6.24. The third kappa shape index (κ3) is 3.51. The molecule has 0 amide bonds. The monoisotopic (exact) mass is 343 g/mol. The highest BCUT2D eigenvalue weighted by Gasteiger charge is 2.16. The van der Waals surface area contributed by atoms with Gasteiger partial charge in [-0.2, -0.15) is 0 Å². The second-order valence-electron chi connectivity index (χ2n) is 5.30. The van der Waals surface area contributed by atoms with Crippen molar-refractivity contribution < 1.29 is 13.9 Å². The van der Waals surface area contributed by atoms with Crippen LogP contribution in [0.5, 0.6) is 0 Å². The Balaban J connectivity index is 1.67. The molecular formula is C17H17N3O3S. The minimum atomic E-state index is -0.396. The minimum absolute atomic E-state index is 0.396. The Labute approximate surface area is 143 Å². The lowest BCUT2D eigenvalue weighted by Crippen LogP contribution is -2.00. The largest absolute Gasteiger partial charge is 0.465 e. The van der Waals surface area contributed by atoms with Crippen LogP contribution in [-0.4, -0.2) is 28.3 Å². The molecule has 0 aliphatic carbocycles. The van der Waals surface area contributed by atoms with E-state index < -0.39 is 5.97 Å². The number of thioether (sulfide) groups is 1. The number of hydrogen-bond acceptors (Lipinski definition) is 6. The highest BCUT2D eigenvalue weighted by atomic mass is 32.2. The molecule has 0 spiro atoms. The molecule has 24 heavy (non-hydrogen) atoms. The zero-order valence-corrected chi connectivity index (χ0v) is 14.4. The van der Waals surface area contributed by atoms with Gasteiger partial charge in [0.25, 0.3) is 0 Å². The summed E-state index contributed by atoms with van der Waals surface area (Å²) in [6.07, 6.45) is 0. The Bertz CT molecular complexity index is 852. The number of methoxy groups -OCH3 is 1. The van der Waals surface area contributed by atoms with Crippen LogP contribution < -0.4 is 0 Å². The molecule has 0 fully saturated rings. The van der Waals surface area contributed by atoms with E-state index in [4.69, 9.17) is 9.15 Å². The van der Waals surface area contributed by atoms with Crippen LogP contribution in [0.2, 0.25) is 0 Å². The van der Waals surface area contributed by atoms with E-state index in [1.807, 2.05) is 31.2 Å². The van der Waals surface area contributed by atoms with Gasteiger partial charge in [-0.05, 0) is 19.9 Å². The second kappa shape index (κ2) is 6.92. The van der Waals surface area contributed by atoms with Gasteiger partial charge >= 0.3 is 5.97 Å². The first-order chi connectivity index (χ1) is 11.6. The lowest BCUT2D eigenvalue weighted by molar-refractivity contribution is 0.0599. The number of aromatic amines is 1.